The summed E-state index contributed by atoms with van der Waals surface area (Å²) in [5.74, 6) is 1.58. The Morgan fingerprint density at radius 1 is 1.12 bits per heavy atom. The minimum atomic E-state index is -0.184. The molecule has 0 unspecified atom stereocenters. The van der Waals surface area contributed by atoms with E-state index in [1.807, 2.05) is 38.1 Å². The van der Waals surface area contributed by atoms with Gasteiger partial charge in [0.2, 0.25) is 5.91 Å². The van der Waals surface area contributed by atoms with Crippen LogP contribution in [0.25, 0.3) is 0 Å². The highest BCUT2D eigenvalue weighted by Gasteiger charge is 2.35. The van der Waals surface area contributed by atoms with E-state index in [-0.39, 0.29) is 11.3 Å². The van der Waals surface area contributed by atoms with Crippen LogP contribution in [0.1, 0.15) is 24.8 Å². The van der Waals surface area contributed by atoms with Gasteiger partial charge in [0, 0.05) is 10.7 Å². The standard InChI is InChI=1S/C19H19Cl2NO3S/c1-3-24-16-10-12(9-15(21)18(16)25-4-2)19-22(17(23)11-26-19)14-7-5-13(20)6-8-14/h5-10,19H,3-4,11H2,1-2H3/t19-/m0/s1. The number of halogens is 2. The van der Waals surface area contributed by atoms with Gasteiger partial charge in [0.25, 0.3) is 0 Å². The van der Waals surface area contributed by atoms with Crippen molar-refractivity contribution in [2.75, 3.05) is 23.9 Å². The number of nitrogens with zero attached hydrogens (tertiary/aromatic N) is 1. The van der Waals surface area contributed by atoms with Gasteiger partial charge >= 0.3 is 0 Å². The van der Waals surface area contributed by atoms with Crippen molar-refractivity contribution in [3.63, 3.8) is 0 Å². The Kier molecular flexibility index (Phi) is 6.22. The van der Waals surface area contributed by atoms with Crippen LogP contribution >= 0.6 is 35.0 Å². The highest BCUT2D eigenvalue weighted by molar-refractivity contribution is 8.00. The van der Waals surface area contributed by atoms with E-state index in [1.165, 1.54) is 0 Å². The van der Waals surface area contributed by atoms with Gasteiger partial charge < -0.3 is 9.47 Å². The minimum Gasteiger partial charge on any atom is -0.490 e. The molecule has 1 amide bonds. The van der Waals surface area contributed by atoms with E-state index in [2.05, 4.69) is 0 Å². The number of ether oxygens (including phenoxy) is 2. The van der Waals surface area contributed by atoms with Crippen LogP contribution in [-0.2, 0) is 4.79 Å². The molecule has 0 bridgehead atoms. The highest BCUT2D eigenvalue weighted by Crippen LogP contribution is 2.46. The van der Waals surface area contributed by atoms with E-state index >= 15 is 0 Å². The molecule has 138 valence electrons. The highest BCUT2D eigenvalue weighted by atomic mass is 35.5. The second kappa shape index (κ2) is 8.42. The Hall–Kier alpha value is -1.56. The molecule has 1 fully saturated rings. The van der Waals surface area contributed by atoms with Crippen molar-refractivity contribution in [1.82, 2.24) is 0 Å². The number of amides is 1. The zero-order valence-corrected chi connectivity index (χ0v) is 16.8. The van der Waals surface area contributed by atoms with E-state index in [0.717, 1.165) is 11.3 Å². The SMILES string of the molecule is CCOc1cc([C@@H]2SCC(=O)N2c2ccc(Cl)cc2)cc(Cl)c1OCC. The molecule has 26 heavy (non-hydrogen) atoms. The van der Waals surface area contributed by atoms with Gasteiger partial charge in [-0.05, 0) is 55.8 Å². The Morgan fingerprint density at radius 3 is 2.46 bits per heavy atom. The minimum absolute atomic E-state index is 0.0466. The van der Waals surface area contributed by atoms with Gasteiger partial charge in [-0.1, -0.05) is 23.2 Å². The number of hydrogen-bond donors (Lipinski definition) is 0. The van der Waals surface area contributed by atoms with Gasteiger partial charge in [-0.25, -0.2) is 0 Å². The molecule has 3 rings (SSSR count). The summed E-state index contributed by atoms with van der Waals surface area (Å²) in [4.78, 5) is 14.3. The van der Waals surface area contributed by atoms with Crippen molar-refractivity contribution in [2.45, 2.75) is 19.2 Å². The van der Waals surface area contributed by atoms with Gasteiger partial charge in [0.05, 0.1) is 24.0 Å². The Balaban J connectivity index is 2.01. The number of carbonyl (C=O) groups is 1. The van der Waals surface area contributed by atoms with Crippen molar-refractivity contribution in [1.29, 1.82) is 0 Å². The largest absolute Gasteiger partial charge is 0.490 e. The normalized spacial score (nSPS) is 16.8. The molecule has 2 aromatic rings. The smallest absolute Gasteiger partial charge is 0.238 e. The molecule has 0 aromatic heterocycles. The number of thioether (sulfide) groups is 1. The molecule has 0 radical (unpaired) electrons. The molecule has 7 heteroatoms. The fraction of sp³-hybridized carbons (Fsp3) is 0.316. The first-order valence-corrected chi connectivity index (χ1v) is 10.1. The fourth-order valence-corrected chi connectivity index (χ4v) is 4.39. The van der Waals surface area contributed by atoms with Crippen LogP contribution in [-0.4, -0.2) is 24.9 Å². The van der Waals surface area contributed by atoms with E-state index in [1.54, 1.807) is 28.8 Å². The zero-order valence-electron chi connectivity index (χ0n) is 14.5. The first kappa shape index (κ1) is 19.2. The number of anilines is 1. The Bertz CT molecular complexity index is 798. The molecule has 0 aliphatic carbocycles. The van der Waals surface area contributed by atoms with Gasteiger partial charge in [-0.2, -0.15) is 0 Å². The lowest BCUT2D eigenvalue weighted by molar-refractivity contribution is -0.115. The number of benzene rings is 2. The number of carbonyl (C=O) groups excluding carboxylic acids is 1. The first-order valence-electron chi connectivity index (χ1n) is 8.33. The van der Waals surface area contributed by atoms with Gasteiger partial charge in [0.1, 0.15) is 5.37 Å². The maximum Gasteiger partial charge on any atom is 0.238 e. The van der Waals surface area contributed by atoms with Crippen LogP contribution in [0, 0.1) is 0 Å². The Labute approximate surface area is 167 Å². The Morgan fingerprint density at radius 2 is 1.81 bits per heavy atom. The lowest BCUT2D eigenvalue weighted by atomic mass is 10.1. The number of hydrogen-bond acceptors (Lipinski definition) is 4. The van der Waals surface area contributed by atoms with Crippen LogP contribution < -0.4 is 14.4 Å². The van der Waals surface area contributed by atoms with Gasteiger partial charge in [-0.3, -0.25) is 9.69 Å². The lowest BCUT2D eigenvalue weighted by Crippen LogP contribution is -2.27. The van der Waals surface area contributed by atoms with Crippen molar-refractivity contribution < 1.29 is 14.3 Å². The summed E-state index contributed by atoms with van der Waals surface area (Å²) >= 11 is 14.0. The summed E-state index contributed by atoms with van der Waals surface area (Å²) in [6.07, 6.45) is 0. The molecule has 1 aliphatic heterocycles. The third kappa shape index (κ3) is 3.90. The topological polar surface area (TPSA) is 38.8 Å². The molecular weight excluding hydrogens is 393 g/mol. The van der Waals surface area contributed by atoms with E-state index < -0.39 is 0 Å². The van der Waals surface area contributed by atoms with Crippen molar-refractivity contribution >= 4 is 46.6 Å². The second-order valence-corrected chi connectivity index (χ2v) is 7.51. The molecule has 1 heterocycles. The van der Waals surface area contributed by atoms with Crippen LogP contribution in [0.15, 0.2) is 36.4 Å². The second-order valence-electron chi connectivity index (χ2n) is 5.60. The average molecular weight is 412 g/mol. The first-order chi connectivity index (χ1) is 12.5. The summed E-state index contributed by atoms with van der Waals surface area (Å²) in [6, 6.07) is 11.0. The lowest BCUT2D eigenvalue weighted by Gasteiger charge is -2.25. The molecule has 1 saturated heterocycles. The third-order valence-electron chi connectivity index (χ3n) is 3.88. The maximum atomic E-state index is 12.5. The number of rotatable bonds is 6. The molecule has 2 aromatic carbocycles. The molecule has 1 atom stereocenters. The molecule has 0 spiro atoms. The predicted octanol–water partition coefficient (Wildman–Crippen LogP) is 5.57. The third-order valence-corrected chi connectivity index (χ3v) is 5.62. The average Bonchev–Trinajstić information content (AvgIpc) is 3.00. The van der Waals surface area contributed by atoms with Crippen molar-refractivity contribution in [3.8, 4) is 11.5 Å². The quantitative estimate of drug-likeness (QED) is 0.622. The van der Waals surface area contributed by atoms with Gasteiger partial charge in [0.15, 0.2) is 11.5 Å². The molecule has 1 aliphatic rings. The van der Waals surface area contributed by atoms with Crippen LogP contribution in [0.2, 0.25) is 10.0 Å². The molecular formula is C19H19Cl2NO3S. The summed E-state index contributed by atoms with van der Waals surface area (Å²) < 4.78 is 11.3. The fourth-order valence-electron chi connectivity index (χ4n) is 2.83. The monoisotopic (exact) mass is 411 g/mol. The summed E-state index contributed by atoms with van der Waals surface area (Å²) in [5, 5.41) is 0.923. The summed E-state index contributed by atoms with van der Waals surface area (Å²) in [6.45, 7) is 4.79. The molecule has 0 saturated carbocycles. The van der Waals surface area contributed by atoms with E-state index in [0.29, 0.717) is 40.5 Å². The zero-order chi connectivity index (χ0) is 18.7. The van der Waals surface area contributed by atoms with E-state index in [9.17, 15) is 4.79 Å². The molecule has 0 N–H and O–H groups in total. The van der Waals surface area contributed by atoms with Crippen LogP contribution in [0.3, 0.4) is 0 Å². The van der Waals surface area contributed by atoms with E-state index in [4.69, 9.17) is 32.7 Å². The van der Waals surface area contributed by atoms with Crippen molar-refractivity contribution in [2.24, 2.45) is 0 Å². The summed E-state index contributed by atoms with van der Waals surface area (Å²) in [7, 11) is 0. The van der Waals surface area contributed by atoms with Crippen LogP contribution in [0.4, 0.5) is 5.69 Å². The predicted molar refractivity (Wildman–Crippen MR) is 108 cm³/mol. The molecule has 4 nitrogen and oxygen atoms in total. The maximum absolute atomic E-state index is 12.5. The van der Waals surface area contributed by atoms with Crippen LogP contribution in [0.5, 0.6) is 11.5 Å². The van der Waals surface area contributed by atoms with Gasteiger partial charge in [-0.15, -0.1) is 11.8 Å². The summed E-state index contributed by atoms with van der Waals surface area (Å²) in [5.41, 5.74) is 1.70. The van der Waals surface area contributed by atoms with Crippen molar-refractivity contribution in [3.05, 3.63) is 52.0 Å².